The number of benzene rings is 1. The molecule has 0 bridgehead atoms. The molecule has 0 saturated carbocycles. The summed E-state index contributed by atoms with van der Waals surface area (Å²) in [6.45, 7) is 4.59. The molecule has 0 atom stereocenters. The first-order valence-electron chi connectivity index (χ1n) is 7.02. The molecule has 0 aliphatic carbocycles. The average molecular weight is 353 g/mol. The Balaban J connectivity index is 3.73. The average Bonchev–Trinajstić information content (AvgIpc) is 2.41. The fourth-order valence-corrected chi connectivity index (χ4v) is 2.49. The van der Waals surface area contributed by atoms with Crippen LogP contribution < -0.4 is 5.32 Å². The highest BCUT2D eigenvalue weighted by Crippen LogP contribution is 2.41. The predicted molar refractivity (Wildman–Crippen MR) is 77.9 cm³/mol. The fourth-order valence-electron chi connectivity index (χ4n) is 2.49. The zero-order valence-electron chi connectivity index (χ0n) is 13.5. The van der Waals surface area contributed by atoms with Gasteiger partial charge >= 0.3 is 12.4 Å². The first-order valence-corrected chi connectivity index (χ1v) is 7.02. The first-order chi connectivity index (χ1) is 10.8. The van der Waals surface area contributed by atoms with Crippen LogP contribution in [0.3, 0.4) is 0 Å². The van der Waals surface area contributed by atoms with E-state index in [-0.39, 0.29) is 28.5 Å². The minimum absolute atomic E-state index is 0.0803. The second-order valence-electron chi connectivity index (χ2n) is 5.51. The maximum absolute atomic E-state index is 13.0. The van der Waals surface area contributed by atoms with E-state index in [9.17, 15) is 31.1 Å². The second kappa shape index (κ2) is 6.86. The maximum atomic E-state index is 13.0. The fraction of sp³-hybridized carbons (Fsp3) is 0.438. The van der Waals surface area contributed by atoms with Crippen molar-refractivity contribution >= 4 is 11.5 Å². The number of allylic oxidation sites excluding steroid dienone is 1. The van der Waals surface area contributed by atoms with Gasteiger partial charge in [-0.15, -0.1) is 0 Å². The monoisotopic (exact) mass is 353 g/mol. The third-order valence-electron chi connectivity index (χ3n) is 3.40. The lowest BCUT2D eigenvalue weighted by Crippen LogP contribution is -2.19. The molecule has 1 aromatic rings. The van der Waals surface area contributed by atoms with Crippen molar-refractivity contribution in [3.05, 3.63) is 40.5 Å². The summed E-state index contributed by atoms with van der Waals surface area (Å²) in [6.07, 6.45) is -10.3. The highest BCUT2D eigenvalue weighted by Gasteiger charge is 2.43. The number of Topliss-reactive ketones (excluding diaryl/α,β-unsaturated/α-hetero) is 1. The number of carbonyl (C=O) groups excluding carboxylic acids is 1. The topological polar surface area (TPSA) is 29.1 Å². The van der Waals surface area contributed by atoms with Crippen LogP contribution in [0.1, 0.15) is 37.5 Å². The molecule has 0 spiro atoms. The maximum Gasteiger partial charge on any atom is 0.417 e. The lowest BCUT2D eigenvalue weighted by atomic mass is 9.92. The first kappa shape index (κ1) is 20.1. The summed E-state index contributed by atoms with van der Waals surface area (Å²) in [5.74, 6) is -0.690. The summed E-state index contributed by atoms with van der Waals surface area (Å²) < 4.78 is 77.6. The van der Waals surface area contributed by atoms with Gasteiger partial charge in [0.05, 0.1) is 11.1 Å². The van der Waals surface area contributed by atoms with E-state index in [1.165, 1.54) is 14.0 Å². The van der Waals surface area contributed by atoms with Crippen LogP contribution in [0.2, 0.25) is 0 Å². The summed E-state index contributed by atoms with van der Waals surface area (Å²) in [5.41, 5.74) is -3.38. The third kappa shape index (κ3) is 4.30. The Hall–Kier alpha value is -1.99. The van der Waals surface area contributed by atoms with Crippen LogP contribution in [0, 0.1) is 5.92 Å². The van der Waals surface area contributed by atoms with Gasteiger partial charge < -0.3 is 5.32 Å². The lowest BCUT2D eigenvalue weighted by molar-refractivity contribution is -0.162. The van der Waals surface area contributed by atoms with Crippen molar-refractivity contribution in [2.45, 2.75) is 33.1 Å². The minimum atomic E-state index is -5.17. The van der Waals surface area contributed by atoms with E-state index >= 15 is 0 Å². The molecule has 0 heterocycles. The molecule has 0 saturated heterocycles. The van der Waals surface area contributed by atoms with Gasteiger partial charge in [0, 0.05) is 18.3 Å². The van der Waals surface area contributed by atoms with Crippen molar-refractivity contribution in [2.75, 3.05) is 7.05 Å². The summed E-state index contributed by atoms with van der Waals surface area (Å²) in [4.78, 5) is 11.8. The molecular weight excluding hydrogens is 336 g/mol. The van der Waals surface area contributed by atoms with Crippen LogP contribution in [-0.4, -0.2) is 12.8 Å². The van der Waals surface area contributed by atoms with Crippen LogP contribution in [0.15, 0.2) is 23.8 Å². The summed E-state index contributed by atoms with van der Waals surface area (Å²) >= 11 is 0. The second-order valence-corrected chi connectivity index (χ2v) is 5.51. The van der Waals surface area contributed by atoms with Gasteiger partial charge in [-0.2, -0.15) is 26.3 Å². The summed E-state index contributed by atoms with van der Waals surface area (Å²) in [6, 6.07) is 1.72. The van der Waals surface area contributed by atoms with Gasteiger partial charge in [-0.25, -0.2) is 0 Å². The lowest BCUT2D eigenvalue weighted by Gasteiger charge is -2.20. The van der Waals surface area contributed by atoms with E-state index in [0.717, 1.165) is 6.07 Å². The highest BCUT2D eigenvalue weighted by atomic mass is 19.4. The number of alkyl halides is 6. The van der Waals surface area contributed by atoms with Gasteiger partial charge in [0.2, 0.25) is 0 Å². The smallest absolute Gasteiger partial charge is 0.387 e. The molecule has 0 aliphatic rings. The molecule has 1 rings (SSSR count). The van der Waals surface area contributed by atoms with Crippen molar-refractivity contribution in [1.82, 2.24) is 5.32 Å². The molecule has 0 amide bonds. The molecule has 0 fully saturated rings. The standard InChI is InChI=1S/C16H17F6NO/c1-8(2)13(9(3)24)14(23-4)10-5-6-11(15(17,18)19)12(7-10)16(20,21)22/h5-8,23H,1-4H3/b14-13-. The van der Waals surface area contributed by atoms with E-state index < -0.39 is 23.5 Å². The molecule has 1 aromatic carbocycles. The number of carbonyl (C=O) groups is 1. The normalized spacial score (nSPS) is 13.8. The van der Waals surface area contributed by atoms with Crippen LogP contribution in [0.4, 0.5) is 26.3 Å². The van der Waals surface area contributed by atoms with E-state index in [2.05, 4.69) is 5.32 Å². The van der Waals surface area contributed by atoms with Crippen molar-refractivity contribution in [2.24, 2.45) is 5.92 Å². The molecule has 0 unspecified atom stereocenters. The molecule has 8 heteroatoms. The van der Waals surface area contributed by atoms with Crippen LogP contribution in [-0.2, 0) is 17.1 Å². The Labute approximate surface area is 135 Å². The molecule has 1 N–H and O–H groups in total. The Bertz CT molecular complexity index is 656. The summed E-state index contributed by atoms with van der Waals surface area (Å²) in [5, 5.41) is 2.63. The number of ketones is 1. The number of hydrogen-bond acceptors (Lipinski definition) is 2. The molecular formula is C16H17F6NO. The molecule has 134 valence electrons. The Morgan fingerprint density at radius 3 is 1.83 bits per heavy atom. The predicted octanol–water partition coefficient (Wildman–Crippen LogP) is 4.90. The number of nitrogens with one attached hydrogen (secondary N) is 1. The number of hydrogen-bond donors (Lipinski definition) is 1. The van der Waals surface area contributed by atoms with Crippen molar-refractivity contribution in [3.63, 3.8) is 0 Å². The molecule has 0 aliphatic heterocycles. The van der Waals surface area contributed by atoms with E-state index in [1.807, 2.05) is 0 Å². The zero-order chi connectivity index (χ0) is 18.9. The molecule has 2 nitrogen and oxygen atoms in total. The third-order valence-corrected chi connectivity index (χ3v) is 3.40. The molecule has 0 radical (unpaired) electrons. The van der Waals surface area contributed by atoms with Gasteiger partial charge in [0.25, 0.3) is 0 Å². The SMILES string of the molecule is CN/C(=C(\C(C)=O)C(C)C)c1ccc(C(F)(F)F)c(C(F)(F)F)c1. The Morgan fingerprint density at radius 1 is 1.00 bits per heavy atom. The zero-order valence-corrected chi connectivity index (χ0v) is 13.5. The van der Waals surface area contributed by atoms with Crippen LogP contribution in [0.5, 0.6) is 0 Å². The van der Waals surface area contributed by atoms with Gasteiger partial charge in [-0.05, 0) is 30.5 Å². The largest absolute Gasteiger partial charge is 0.417 e. The summed E-state index contributed by atoms with van der Waals surface area (Å²) in [7, 11) is 1.39. The van der Waals surface area contributed by atoms with E-state index in [1.54, 1.807) is 13.8 Å². The Morgan fingerprint density at radius 2 is 1.50 bits per heavy atom. The minimum Gasteiger partial charge on any atom is -0.387 e. The Kier molecular flexibility index (Phi) is 5.74. The molecule has 24 heavy (non-hydrogen) atoms. The van der Waals surface area contributed by atoms with Crippen molar-refractivity contribution in [3.8, 4) is 0 Å². The van der Waals surface area contributed by atoms with Crippen LogP contribution >= 0.6 is 0 Å². The van der Waals surface area contributed by atoms with Gasteiger partial charge in [-0.3, -0.25) is 4.79 Å². The van der Waals surface area contributed by atoms with Gasteiger partial charge in [0.15, 0.2) is 5.78 Å². The number of halogens is 6. The quantitative estimate of drug-likeness (QED) is 0.616. The van der Waals surface area contributed by atoms with Crippen molar-refractivity contribution < 1.29 is 31.1 Å². The van der Waals surface area contributed by atoms with E-state index in [4.69, 9.17) is 0 Å². The van der Waals surface area contributed by atoms with Crippen molar-refractivity contribution in [1.29, 1.82) is 0 Å². The highest BCUT2D eigenvalue weighted by molar-refractivity contribution is 6.01. The van der Waals surface area contributed by atoms with E-state index in [0.29, 0.717) is 12.1 Å². The number of rotatable bonds is 4. The van der Waals surface area contributed by atoms with Crippen LogP contribution in [0.25, 0.3) is 5.70 Å². The molecule has 0 aromatic heterocycles. The van der Waals surface area contributed by atoms with Gasteiger partial charge in [-0.1, -0.05) is 19.9 Å². The van der Waals surface area contributed by atoms with Gasteiger partial charge in [0.1, 0.15) is 0 Å².